The lowest BCUT2D eigenvalue weighted by Gasteiger charge is -2.20. The first-order valence-corrected chi connectivity index (χ1v) is 5.73. The average molecular weight is 285 g/mol. The van der Waals surface area contributed by atoms with E-state index in [2.05, 4.69) is 34.6 Å². The van der Waals surface area contributed by atoms with E-state index in [9.17, 15) is 0 Å². The van der Waals surface area contributed by atoms with Crippen LogP contribution in [0.3, 0.4) is 0 Å². The van der Waals surface area contributed by atoms with E-state index in [-0.39, 0.29) is 5.41 Å². The summed E-state index contributed by atoms with van der Waals surface area (Å²) in [6.07, 6.45) is 0. The molecule has 1 rings (SSSR count). The van der Waals surface area contributed by atoms with Crippen LogP contribution in [0.25, 0.3) is 0 Å². The van der Waals surface area contributed by atoms with Gasteiger partial charge in [-0.1, -0.05) is 25.4 Å². The van der Waals surface area contributed by atoms with Crippen molar-refractivity contribution in [2.75, 3.05) is 6.61 Å². The van der Waals surface area contributed by atoms with Gasteiger partial charge in [-0.3, -0.25) is 0 Å². The van der Waals surface area contributed by atoms with Crippen molar-refractivity contribution in [2.24, 2.45) is 5.90 Å². The molecule has 2 N–H and O–H groups in total. The molecule has 1 heterocycles. The molecule has 5 heteroatoms. The van der Waals surface area contributed by atoms with Gasteiger partial charge in [-0.15, -0.1) is 11.3 Å². The SMILES string of the molecule is CC(C)(CON)c1cc(Br)c(Cl)s1. The largest absolute Gasteiger partial charge is 0.304 e. The van der Waals surface area contributed by atoms with Crippen molar-refractivity contribution in [1.29, 1.82) is 0 Å². The Morgan fingerprint density at radius 2 is 2.31 bits per heavy atom. The molecule has 0 aromatic carbocycles. The van der Waals surface area contributed by atoms with Crippen LogP contribution in [0.15, 0.2) is 10.5 Å². The van der Waals surface area contributed by atoms with Crippen molar-refractivity contribution in [3.8, 4) is 0 Å². The van der Waals surface area contributed by atoms with E-state index in [0.29, 0.717) is 6.61 Å². The zero-order valence-electron chi connectivity index (χ0n) is 7.43. The first kappa shape index (κ1) is 11.5. The van der Waals surface area contributed by atoms with Crippen molar-refractivity contribution < 1.29 is 4.84 Å². The Balaban J connectivity index is 2.93. The molecule has 0 radical (unpaired) electrons. The summed E-state index contributed by atoms with van der Waals surface area (Å²) in [5.41, 5.74) is -0.0882. The lowest BCUT2D eigenvalue weighted by atomic mass is 9.93. The Morgan fingerprint density at radius 3 is 2.69 bits per heavy atom. The summed E-state index contributed by atoms with van der Waals surface area (Å²) in [5, 5.41) is 0. The summed E-state index contributed by atoms with van der Waals surface area (Å²) in [7, 11) is 0. The van der Waals surface area contributed by atoms with Crippen molar-refractivity contribution >= 4 is 38.9 Å². The van der Waals surface area contributed by atoms with Gasteiger partial charge in [-0.25, -0.2) is 5.90 Å². The molecule has 2 nitrogen and oxygen atoms in total. The highest BCUT2D eigenvalue weighted by molar-refractivity contribution is 9.10. The number of hydrogen-bond donors (Lipinski definition) is 1. The minimum absolute atomic E-state index is 0.0882. The first-order valence-electron chi connectivity index (χ1n) is 3.74. The summed E-state index contributed by atoms with van der Waals surface area (Å²) in [4.78, 5) is 5.82. The topological polar surface area (TPSA) is 35.2 Å². The maximum absolute atomic E-state index is 5.94. The van der Waals surface area contributed by atoms with E-state index < -0.39 is 0 Å². The van der Waals surface area contributed by atoms with Gasteiger partial charge in [0.15, 0.2) is 0 Å². The van der Waals surface area contributed by atoms with Gasteiger partial charge in [-0.05, 0) is 22.0 Å². The second-order valence-corrected chi connectivity index (χ2v) is 5.94. The van der Waals surface area contributed by atoms with Crippen LogP contribution in [0.1, 0.15) is 18.7 Å². The van der Waals surface area contributed by atoms with E-state index in [0.717, 1.165) is 13.7 Å². The summed E-state index contributed by atoms with van der Waals surface area (Å²) in [6, 6.07) is 2.01. The number of rotatable bonds is 3. The van der Waals surface area contributed by atoms with E-state index in [1.807, 2.05) is 6.07 Å². The quantitative estimate of drug-likeness (QED) is 0.864. The summed E-state index contributed by atoms with van der Waals surface area (Å²) in [6.45, 7) is 4.61. The lowest BCUT2D eigenvalue weighted by Crippen LogP contribution is -2.24. The fourth-order valence-corrected chi connectivity index (χ4v) is 2.75. The Kier molecular flexibility index (Phi) is 3.77. The van der Waals surface area contributed by atoms with Crippen molar-refractivity contribution in [3.63, 3.8) is 0 Å². The Morgan fingerprint density at radius 1 is 1.69 bits per heavy atom. The molecule has 1 aromatic heterocycles. The molecular weight excluding hydrogens is 274 g/mol. The predicted octanol–water partition coefficient (Wildman–Crippen LogP) is 3.33. The minimum atomic E-state index is -0.0882. The number of thiophene rings is 1. The summed E-state index contributed by atoms with van der Waals surface area (Å²) in [5.74, 6) is 5.06. The molecule has 0 aliphatic rings. The van der Waals surface area contributed by atoms with Gasteiger partial charge in [-0.2, -0.15) is 0 Å². The molecule has 0 spiro atoms. The molecular formula is C8H11BrClNOS. The van der Waals surface area contributed by atoms with Crippen LogP contribution < -0.4 is 5.90 Å². The normalized spacial score (nSPS) is 12.1. The smallest absolute Gasteiger partial charge is 0.107 e. The molecule has 1 aromatic rings. The molecule has 0 fully saturated rings. The highest BCUT2D eigenvalue weighted by Crippen LogP contribution is 2.38. The van der Waals surface area contributed by atoms with Gasteiger partial charge in [0, 0.05) is 14.8 Å². The van der Waals surface area contributed by atoms with Crippen molar-refractivity contribution in [2.45, 2.75) is 19.3 Å². The summed E-state index contributed by atoms with van der Waals surface area (Å²) >= 11 is 10.8. The van der Waals surface area contributed by atoms with Gasteiger partial charge in [0.2, 0.25) is 0 Å². The molecule has 74 valence electrons. The maximum atomic E-state index is 5.94. The van der Waals surface area contributed by atoms with Crippen LogP contribution >= 0.6 is 38.9 Å². The standard InChI is InChI=1S/C8H11BrClNOS/c1-8(2,4-12-11)6-3-5(9)7(10)13-6/h3H,4,11H2,1-2H3. The van der Waals surface area contributed by atoms with Crippen LogP contribution in [0, 0.1) is 0 Å². The molecule has 0 atom stereocenters. The van der Waals surface area contributed by atoms with Gasteiger partial charge in [0.25, 0.3) is 0 Å². The molecule has 0 amide bonds. The van der Waals surface area contributed by atoms with E-state index >= 15 is 0 Å². The molecule has 13 heavy (non-hydrogen) atoms. The Labute approximate surface area is 95.1 Å². The van der Waals surface area contributed by atoms with Crippen LogP contribution in [0.4, 0.5) is 0 Å². The first-order chi connectivity index (χ1) is 5.97. The average Bonchev–Trinajstić information content (AvgIpc) is 2.33. The molecule has 0 saturated heterocycles. The van der Waals surface area contributed by atoms with Gasteiger partial charge in [0.05, 0.1) is 6.61 Å². The monoisotopic (exact) mass is 283 g/mol. The third-order valence-electron chi connectivity index (χ3n) is 1.76. The summed E-state index contributed by atoms with van der Waals surface area (Å²) < 4.78 is 1.69. The number of halogens is 2. The third-order valence-corrected chi connectivity index (χ3v) is 4.60. The van der Waals surface area contributed by atoms with E-state index in [1.54, 1.807) is 11.3 Å². The Bertz CT molecular complexity index is 281. The molecule has 0 aliphatic heterocycles. The third kappa shape index (κ3) is 2.67. The van der Waals surface area contributed by atoms with Crippen molar-refractivity contribution in [3.05, 3.63) is 19.8 Å². The Hall–Kier alpha value is 0.390. The number of hydrogen-bond acceptors (Lipinski definition) is 3. The lowest BCUT2D eigenvalue weighted by molar-refractivity contribution is 0.0976. The van der Waals surface area contributed by atoms with Crippen LogP contribution in [0.5, 0.6) is 0 Å². The fraction of sp³-hybridized carbons (Fsp3) is 0.500. The van der Waals surface area contributed by atoms with Gasteiger partial charge < -0.3 is 4.84 Å². The highest BCUT2D eigenvalue weighted by Gasteiger charge is 2.24. The van der Waals surface area contributed by atoms with E-state index in [4.69, 9.17) is 17.5 Å². The molecule has 0 bridgehead atoms. The maximum Gasteiger partial charge on any atom is 0.107 e. The van der Waals surface area contributed by atoms with Gasteiger partial charge >= 0.3 is 0 Å². The van der Waals surface area contributed by atoms with E-state index in [1.165, 1.54) is 0 Å². The van der Waals surface area contributed by atoms with Crippen LogP contribution in [-0.4, -0.2) is 6.61 Å². The molecule has 0 unspecified atom stereocenters. The number of nitrogens with two attached hydrogens (primary N) is 1. The predicted molar refractivity (Wildman–Crippen MR) is 60.2 cm³/mol. The zero-order valence-corrected chi connectivity index (χ0v) is 10.6. The minimum Gasteiger partial charge on any atom is -0.304 e. The van der Waals surface area contributed by atoms with Crippen LogP contribution in [-0.2, 0) is 10.3 Å². The highest BCUT2D eigenvalue weighted by atomic mass is 79.9. The zero-order chi connectivity index (χ0) is 10.1. The van der Waals surface area contributed by atoms with Crippen molar-refractivity contribution in [1.82, 2.24) is 0 Å². The molecule has 0 aliphatic carbocycles. The van der Waals surface area contributed by atoms with Crippen LogP contribution in [0.2, 0.25) is 4.34 Å². The fourth-order valence-electron chi connectivity index (χ4n) is 0.960. The second-order valence-electron chi connectivity index (χ2n) is 3.43. The molecule has 0 saturated carbocycles. The van der Waals surface area contributed by atoms with Gasteiger partial charge in [0.1, 0.15) is 4.34 Å². The second kappa shape index (κ2) is 4.28.